The SMILES string of the molecule is Brc1cc(-c2ccccc2-c2ccccc2)c2ccc3ccc(-c4ccccc4-c4ccccc4)c4ccc1c2c34.OB(O)c1ccc2ccccc2c1.c1ccc(-c2ccccc2-c2ccc3ccc4c(-c5ccccc5-c5ccccc5)cc(-c5ccc6ccccc6c5)c5ccc2c3c54)cc1. The Morgan fingerprint density at radius 2 is 0.471 bits per heavy atom. The molecule has 4 heteroatoms. The van der Waals surface area contributed by atoms with Crippen molar-refractivity contribution in [2.75, 3.05) is 0 Å². The Morgan fingerprint density at radius 1 is 0.173 bits per heavy atom. The van der Waals surface area contributed by atoms with Crippen LogP contribution in [0.4, 0.5) is 0 Å². The van der Waals surface area contributed by atoms with Gasteiger partial charge in [0, 0.05) is 4.47 Å². The van der Waals surface area contributed by atoms with E-state index in [1.165, 1.54) is 176 Å². The summed E-state index contributed by atoms with van der Waals surface area (Å²) in [7, 11) is -1.38. The number of benzene rings is 20. The normalized spacial score (nSPS) is 11.4. The van der Waals surface area contributed by atoms with Crippen molar-refractivity contribution < 1.29 is 10.0 Å². The molecule has 20 rings (SSSR count). The van der Waals surface area contributed by atoms with Gasteiger partial charge in [-0.2, -0.15) is 0 Å². The van der Waals surface area contributed by atoms with E-state index in [0.29, 0.717) is 5.46 Å². The molecule has 0 fully saturated rings. The van der Waals surface area contributed by atoms with Crippen molar-refractivity contribution in [3.05, 3.63) is 393 Å². The van der Waals surface area contributed by atoms with Crippen LogP contribution in [0.15, 0.2) is 393 Å². The van der Waals surface area contributed by atoms with Gasteiger partial charge < -0.3 is 10.0 Å². The lowest BCUT2D eigenvalue weighted by Gasteiger charge is -2.21. The molecule has 0 radical (unpaired) electrons. The fourth-order valence-corrected chi connectivity index (χ4v) is 16.5. The van der Waals surface area contributed by atoms with Gasteiger partial charge in [-0.1, -0.05) is 386 Å². The van der Waals surface area contributed by atoms with E-state index in [2.05, 4.69) is 362 Å². The maximum atomic E-state index is 8.94. The minimum absolute atomic E-state index is 0.527. The van der Waals surface area contributed by atoms with E-state index in [9.17, 15) is 0 Å². The minimum atomic E-state index is -1.38. The number of halogens is 1. The van der Waals surface area contributed by atoms with Gasteiger partial charge in [0.25, 0.3) is 0 Å². The van der Waals surface area contributed by atoms with Crippen LogP contribution in [0.3, 0.4) is 0 Å². The number of hydrogen-bond donors (Lipinski definition) is 2. The molecule has 0 spiro atoms. The molecular weight excluding hydrogens is 1320 g/mol. The average molecular weight is 1390 g/mol. The third-order valence-corrected chi connectivity index (χ3v) is 21.5. The second-order valence-corrected chi connectivity index (χ2v) is 27.6. The highest BCUT2D eigenvalue weighted by Gasteiger charge is 2.24. The molecule has 104 heavy (non-hydrogen) atoms. The van der Waals surface area contributed by atoms with Crippen LogP contribution in [0.5, 0.6) is 0 Å². The van der Waals surface area contributed by atoms with Crippen LogP contribution in [-0.2, 0) is 0 Å². The predicted molar refractivity (Wildman–Crippen MR) is 448 cm³/mol. The Balaban J connectivity index is 0.000000128. The van der Waals surface area contributed by atoms with Gasteiger partial charge in [-0.25, -0.2) is 0 Å². The van der Waals surface area contributed by atoms with Crippen LogP contribution in [0.2, 0.25) is 0 Å². The molecule has 0 aliphatic carbocycles. The third kappa shape index (κ3) is 11.6. The molecule has 488 valence electrons. The van der Waals surface area contributed by atoms with Gasteiger partial charge in [0.2, 0.25) is 0 Å². The topological polar surface area (TPSA) is 40.5 Å². The van der Waals surface area contributed by atoms with Gasteiger partial charge in [-0.3, -0.25) is 0 Å². The summed E-state index contributed by atoms with van der Waals surface area (Å²) in [5.41, 5.74) is 22.9. The summed E-state index contributed by atoms with van der Waals surface area (Å²) in [4.78, 5) is 0. The lowest BCUT2D eigenvalue weighted by Crippen LogP contribution is -2.29. The number of hydrogen-bond acceptors (Lipinski definition) is 2. The van der Waals surface area contributed by atoms with Crippen LogP contribution < -0.4 is 5.46 Å². The van der Waals surface area contributed by atoms with Crippen LogP contribution in [-0.4, -0.2) is 17.2 Å². The van der Waals surface area contributed by atoms with Crippen molar-refractivity contribution in [3.63, 3.8) is 0 Å². The summed E-state index contributed by atoms with van der Waals surface area (Å²) in [5.74, 6) is 0. The molecule has 0 aliphatic rings. The van der Waals surface area contributed by atoms with E-state index in [-0.39, 0.29) is 0 Å². The van der Waals surface area contributed by atoms with Gasteiger partial charge in [0.15, 0.2) is 0 Å². The monoisotopic (exact) mass is 1390 g/mol. The molecule has 0 heterocycles. The van der Waals surface area contributed by atoms with Gasteiger partial charge >= 0.3 is 7.12 Å². The second kappa shape index (κ2) is 27.4. The first-order chi connectivity index (χ1) is 51.4. The zero-order valence-corrected chi connectivity index (χ0v) is 58.4. The molecular formula is C100H66BBrO2. The standard InChI is InChI=1S/C50H32.C40H25Br.C10H9BO2/c1-3-14-34(15-4-1)39-19-9-11-21-41(39)43-27-25-36-26-28-46-48(42-22-12-10-20-40(42)35-16-5-2-6-17-35)32-47(45-30-29-44(43)49(36)50(45)46)38-24-23-33-13-7-8-18-37(33)31-38;41-38-25-37(32-18-10-8-16-30(32)27-13-5-2-6-14-27)35-22-20-28-19-21-33(34-23-24-36(38)40(35)39(28)34)31-17-9-7-15-29(31)26-11-3-1-4-12-26;12-11(13)10-6-5-8-3-1-2-4-9(8)7-10/h1-32H;1-25H;1-7,12-13H. The highest BCUT2D eigenvalue weighted by molar-refractivity contribution is 9.10. The van der Waals surface area contributed by atoms with Crippen molar-refractivity contribution in [2.24, 2.45) is 0 Å². The highest BCUT2D eigenvalue weighted by Crippen LogP contribution is 2.51. The first-order valence-corrected chi connectivity index (χ1v) is 36.2. The Kier molecular flexibility index (Phi) is 16.8. The van der Waals surface area contributed by atoms with Gasteiger partial charge in [0.05, 0.1) is 0 Å². The maximum absolute atomic E-state index is 8.94. The van der Waals surface area contributed by atoms with Crippen LogP contribution >= 0.6 is 15.9 Å². The van der Waals surface area contributed by atoms with Crippen LogP contribution in [0, 0.1) is 0 Å². The molecule has 0 amide bonds. The van der Waals surface area contributed by atoms with Crippen molar-refractivity contribution in [2.45, 2.75) is 0 Å². The van der Waals surface area contributed by atoms with E-state index >= 15 is 0 Å². The van der Waals surface area contributed by atoms with Gasteiger partial charge in [-0.05, 0) is 210 Å². The molecule has 20 aromatic carbocycles. The summed E-state index contributed by atoms with van der Waals surface area (Å²) < 4.78 is 1.12. The Hall–Kier alpha value is -12.5. The van der Waals surface area contributed by atoms with Crippen molar-refractivity contribution in [1.29, 1.82) is 0 Å². The Morgan fingerprint density at radius 3 is 0.904 bits per heavy atom. The molecule has 0 saturated heterocycles. The second-order valence-electron chi connectivity index (χ2n) is 26.8. The summed E-state index contributed by atoms with van der Waals surface area (Å²) in [6.45, 7) is 0. The highest BCUT2D eigenvalue weighted by atomic mass is 79.9. The van der Waals surface area contributed by atoms with Gasteiger partial charge in [0.1, 0.15) is 0 Å². The quantitative estimate of drug-likeness (QED) is 0.106. The first-order valence-electron chi connectivity index (χ1n) is 35.4. The van der Waals surface area contributed by atoms with E-state index < -0.39 is 7.12 Å². The number of fused-ring (bicyclic) bond motifs is 2. The van der Waals surface area contributed by atoms with Crippen LogP contribution in [0.1, 0.15) is 0 Å². The minimum Gasteiger partial charge on any atom is -0.423 e. The van der Waals surface area contributed by atoms with Crippen molar-refractivity contribution in [1.82, 2.24) is 0 Å². The van der Waals surface area contributed by atoms with Crippen LogP contribution in [0.25, 0.3) is 186 Å². The predicted octanol–water partition coefficient (Wildman–Crippen LogP) is 26.6. The summed E-state index contributed by atoms with van der Waals surface area (Å²) in [5, 5.41) is 37.9. The fraction of sp³-hybridized carbons (Fsp3) is 0. The lowest BCUT2D eigenvalue weighted by molar-refractivity contribution is 0.426. The summed E-state index contributed by atoms with van der Waals surface area (Å²) in [6, 6.07) is 140. The molecule has 0 aliphatic heterocycles. The molecule has 0 aromatic heterocycles. The Bertz CT molecular complexity index is 6570. The molecule has 0 unspecified atom stereocenters. The maximum Gasteiger partial charge on any atom is 0.488 e. The van der Waals surface area contributed by atoms with Gasteiger partial charge in [-0.15, -0.1) is 0 Å². The molecule has 2 N–H and O–H groups in total. The molecule has 2 nitrogen and oxygen atoms in total. The van der Waals surface area contributed by atoms with E-state index in [1.807, 2.05) is 30.3 Å². The third-order valence-electron chi connectivity index (χ3n) is 20.9. The zero-order chi connectivity index (χ0) is 69.6. The lowest BCUT2D eigenvalue weighted by atomic mass is 9.79. The van der Waals surface area contributed by atoms with E-state index in [1.54, 1.807) is 12.1 Å². The molecule has 0 saturated carbocycles. The smallest absolute Gasteiger partial charge is 0.423 e. The molecule has 20 aromatic rings. The fourth-order valence-electron chi connectivity index (χ4n) is 16.0. The summed E-state index contributed by atoms with van der Waals surface area (Å²) in [6.07, 6.45) is 0. The zero-order valence-electron chi connectivity index (χ0n) is 56.8. The van der Waals surface area contributed by atoms with E-state index in [0.717, 1.165) is 15.2 Å². The molecule has 0 bridgehead atoms. The number of rotatable bonds is 10. The Labute approximate surface area is 613 Å². The van der Waals surface area contributed by atoms with Crippen molar-refractivity contribution >= 4 is 115 Å². The van der Waals surface area contributed by atoms with Crippen molar-refractivity contribution in [3.8, 4) is 100 Å². The summed E-state index contributed by atoms with van der Waals surface area (Å²) >= 11 is 3.98. The van der Waals surface area contributed by atoms with E-state index in [4.69, 9.17) is 10.0 Å². The molecule has 0 atom stereocenters. The average Bonchev–Trinajstić information content (AvgIpc) is 0.721. The first kappa shape index (κ1) is 63.6. The largest absolute Gasteiger partial charge is 0.488 e.